The summed E-state index contributed by atoms with van der Waals surface area (Å²) in [5.41, 5.74) is 1.27. The molecule has 0 unspecified atom stereocenters. The topological polar surface area (TPSA) is 37.3 Å². The second-order valence-electron chi connectivity index (χ2n) is 2.91. The molecule has 0 fully saturated rings. The van der Waals surface area contributed by atoms with E-state index in [0.29, 0.717) is 10.5 Å². The molecule has 1 aromatic heterocycles. The molecule has 0 radical (unpaired) electrons. The second-order valence-corrected chi connectivity index (χ2v) is 4.27. The van der Waals surface area contributed by atoms with Crippen molar-refractivity contribution in [1.82, 2.24) is 0 Å². The van der Waals surface area contributed by atoms with Gasteiger partial charge in [0.15, 0.2) is 6.29 Å². The summed E-state index contributed by atoms with van der Waals surface area (Å²) in [5, 5.41) is 12.1. The molecule has 2 aromatic rings. The van der Waals surface area contributed by atoms with Crippen molar-refractivity contribution in [2.75, 3.05) is 0 Å². The van der Waals surface area contributed by atoms with Crippen molar-refractivity contribution in [3.05, 3.63) is 28.6 Å². The minimum Gasteiger partial charge on any atom is -0.392 e. The summed E-state index contributed by atoms with van der Waals surface area (Å²) in [6, 6.07) is 3.72. The van der Waals surface area contributed by atoms with E-state index >= 15 is 0 Å². The molecule has 2 rings (SSSR count). The molecule has 14 heavy (non-hydrogen) atoms. The molecule has 2 nitrogen and oxygen atoms in total. The van der Waals surface area contributed by atoms with Crippen molar-refractivity contribution < 1.29 is 9.90 Å². The van der Waals surface area contributed by atoms with Crippen molar-refractivity contribution in [2.24, 2.45) is 0 Å². The Morgan fingerprint density at radius 1 is 1.57 bits per heavy atom. The standard InChI is InChI=1S/C10H8O2S2/c11-4-7-3-6-1-2-14-10(6)8(5-12)9(7)13/h1-4,12-13H,5H2. The molecular formula is C10H8O2S2. The first-order chi connectivity index (χ1) is 6.77. The zero-order chi connectivity index (χ0) is 10.1. The summed E-state index contributed by atoms with van der Waals surface area (Å²) in [7, 11) is 0. The van der Waals surface area contributed by atoms with Crippen LogP contribution in [-0.4, -0.2) is 11.4 Å². The maximum absolute atomic E-state index is 10.7. The first-order valence-electron chi connectivity index (χ1n) is 4.06. The number of aldehydes is 1. The highest BCUT2D eigenvalue weighted by Crippen LogP contribution is 2.31. The normalized spacial score (nSPS) is 10.7. The molecule has 0 amide bonds. The van der Waals surface area contributed by atoms with E-state index in [4.69, 9.17) is 0 Å². The average molecular weight is 224 g/mol. The molecule has 72 valence electrons. The van der Waals surface area contributed by atoms with Crippen molar-refractivity contribution >= 4 is 40.3 Å². The van der Waals surface area contributed by atoms with E-state index in [-0.39, 0.29) is 6.61 Å². The number of aliphatic hydroxyl groups is 1. The van der Waals surface area contributed by atoms with Gasteiger partial charge in [-0.1, -0.05) is 0 Å². The molecule has 1 N–H and O–H groups in total. The highest BCUT2D eigenvalue weighted by atomic mass is 32.1. The molecule has 0 saturated heterocycles. The van der Waals surface area contributed by atoms with Crippen LogP contribution in [0.4, 0.5) is 0 Å². The number of rotatable bonds is 2. The van der Waals surface area contributed by atoms with Gasteiger partial charge in [-0.05, 0) is 22.9 Å². The summed E-state index contributed by atoms with van der Waals surface area (Å²) < 4.78 is 1.00. The summed E-state index contributed by atoms with van der Waals surface area (Å²) >= 11 is 5.78. The zero-order valence-corrected chi connectivity index (χ0v) is 8.94. The fourth-order valence-corrected chi connectivity index (χ4v) is 2.73. The maximum Gasteiger partial charge on any atom is 0.151 e. The Labute approximate surface area is 90.6 Å². The van der Waals surface area contributed by atoms with E-state index in [1.165, 1.54) is 0 Å². The lowest BCUT2D eigenvalue weighted by atomic mass is 10.1. The lowest BCUT2D eigenvalue weighted by Crippen LogP contribution is -1.91. The van der Waals surface area contributed by atoms with Gasteiger partial charge in [0.1, 0.15) is 0 Å². The molecule has 0 aliphatic carbocycles. The quantitative estimate of drug-likeness (QED) is 0.607. The van der Waals surface area contributed by atoms with E-state index in [1.807, 2.05) is 11.4 Å². The maximum atomic E-state index is 10.7. The minimum absolute atomic E-state index is 0.0858. The van der Waals surface area contributed by atoms with Crippen molar-refractivity contribution in [3.63, 3.8) is 0 Å². The van der Waals surface area contributed by atoms with Crippen LogP contribution in [0.2, 0.25) is 0 Å². The van der Waals surface area contributed by atoms with Gasteiger partial charge < -0.3 is 5.11 Å². The number of hydrogen-bond donors (Lipinski definition) is 2. The van der Waals surface area contributed by atoms with Gasteiger partial charge in [-0.3, -0.25) is 4.79 Å². The fourth-order valence-electron chi connectivity index (χ4n) is 1.43. The van der Waals surface area contributed by atoms with Crippen molar-refractivity contribution in [2.45, 2.75) is 11.5 Å². The highest BCUT2D eigenvalue weighted by Gasteiger charge is 2.10. The highest BCUT2D eigenvalue weighted by molar-refractivity contribution is 7.80. The molecule has 1 aromatic carbocycles. The Morgan fingerprint density at radius 3 is 3.00 bits per heavy atom. The van der Waals surface area contributed by atoms with Crippen LogP contribution in [0.3, 0.4) is 0 Å². The lowest BCUT2D eigenvalue weighted by Gasteiger charge is -2.05. The van der Waals surface area contributed by atoms with E-state index in [2.05, 4.69) is 12.6 Å². The fraction of sp³-hybridized carbons (Fsp3) is 0.100. The predicted molar refractivity (Wildman–Crippen MR) is 60.4 cm³/mol. The van der Waals surface area contributed by atoms with E-state index < -0.39 is 0 Å². The average Bonchev–Trinajstić information content (AvgIpc) is 2.64. The van der Waals surface area contributed by atoms with Gasteiger partial charge in [0, 0.05) is 20.7 Å². The van der Waals surface area contributed by atoms with Gasteiger partial charge in [0.25, 0.3) is 0 Å². The molecule has 0 aliphatic heterocycles. The third kappa shape index (κ3) is 1.35. The number of benzene rings is 1. The Hall–Kier alpha value is -0.840. The van der Waals surface area contributed by atoms with Gasteiger partial charge in [0.05, 0.1) is 6.61 Å². The molecule has 0 bridgehead atoms. The zero-order valence-electron chi connectivity index (χ0n) is 7.23. The van der Waals surface area contributed by atoms with Crippen LogP contribution in [0.15, 0.2) is 22.4 Å². The van der Waals surface area contributed by atoms with Crippen LogP contribution >= 0.6 is 24.0 Å². The Balaban J connectivity index is 2.87. The molecule has 1 heterocycles. The van der Waals surface area contributed by atoms with Crippen molar-refractivity contribution in [1.29, 1.82) is 0 Å². The number of hydrogen-bond acceptors (Lipinski definition) is 4. The summed E-state index contributed by atoms with van der Waals surface area (Å²) in [4.78, 5) is 11.3. The Bertz CT molecular complexity index is 488. The smallest absolute Gasteiger partial charge is 0.151 e. The van der Waals surface area contributed by atoms with Gasteiger partial charge >= 0.3 is 0 Å². The van der Waals surface area contributed by atoms with Crippen LogP contribution in [0, 0.1) is 0 Å². The number of carbonyl (C=O) groups excluding carboxylic acids is 1. The first-order valence-corrected chi connectivity index (χ1v) is 5.38. The lowest BCUT2D eigenvalue weighted by molar-refractivity contribution is 0.112. The van der Waals surface area contributed by atoms with Gasteiger partial charge in [-0.15, -0.1) is 24.0 Å². The number of thiophene rings is 1. The summed E-state index contributed by atoms with van der Waals surface area (Å²) in [5.74, 6) is 0. The van der Waals surface area contributed by atoms with Crippen LogP contribution in [0.5, 0.6) is 0 Å². The minimum atomic E-state index is -0.0858. The van der Waals surface area contributed by atoms with Gasteiger partial charge in [0.2, 0.25) is 0 Å². The SMILES string of the molecule is O=Cc1cc2ccsc2c(CO)c1S. The number of carbonyl (C=O) groups is 1. The van der Waals surface area contributed by atoms with Gasteiger partial charge in [-0.25, -0.2) is 0 Å². The first kappa shape index (κ1) is 9.71. The van der Waals surface area contributed by atoms with Crippen molar-refractivity contribution in [3.8, 4) is 0 Å². The number of aliphatic hydroxyl groups excluding tert-OH is 1. The summed E-state index contributed by atoms with van der Waals surface area (Å²) in [6.45, 7) is -0.0858. The van der Waals surface area contributed by atoms with Crippen LogP contribution in [0.1, 0.15) is 15.9 Å². The molecular weight excluding hydrogens is 216 g/mol. The molecule has 0 atom stereocenters. The predicted octanol–water partition coefficient (Wildman–Crippen LogP) is 2.49. The third-order valence-corrected chi connectivity index (χ3v) is 3.64. The number of thiol groups is 1. The van der Waals surface area contributed by atoms with Crippen LogP contribution in [-0.2, 0) is 6.61 Å². The van der Waals surface area contributed by atoms with E-state index in [1.54, 1.807) is 17.4 Å². The molecule has 0 spiro atoms. The number of fused-ring (bicyclic) bond motifs is 1. The Morgan fingerprint density at radius 2 is 2.36 bits per heavy atom. The third-order valence-electron chi connectivity index (χ3n) is 2.13. The Kier molecular flexibility index (Phi) is 2.58. The molecule has 0 aliphatic rings. The van der Waals surface area contributed by atoms with Crippen LogP contribution < -0.4 is 0 Å². The van der Waals surface area contributed by atoms with E-state index in [9.17, 15) is 9.90 Å². The monoisotopic (exact) mass is 224 g/mol. The van der Waals surface area contributed by atoms with E-state index in [0.717, 1.165) is 21.9 Å². The molecule has 0 saturated carbocycles. The summed E-state index contributed by atoms with van der Waals surface area (Å²) in [6.07, 6.45) is 0.762. The largest absolute Gasteiger partial charge is 0.392 e. The van der Waals surface area contributed by atoms with Gasteiger partial charge in [-0.2, -0.15) is 0 Å². The molecule has 4 heteroatoms. The van der Waals surface area contributed by atoms with Crippen LogP contribution in [0.25, 0.3) is 10.1 Å². The second kappa shape index (κ2) is 3.73.